The summed E-state index contributed by atoms with van der Waals surface area (Å²) in [7, 11) is 0. The van der Waals surface area contributed by atoms with Crippen LogP contribution < -0.4 is 0 Å². The second kappa shape index (κ2) is 7.10. The Kier molecular flexibility index (Phi) is 6.76. The first kappa shape index (κ1) is 11.4. The highest BCUT2D eigenvalue weighted by Gasteiger charge is 2.04. The minimum atomic E-state index is -0.180. The minimum absolute atomic E-state index is 0.0966. The molecule has 0 atom stereocenters. The summed E-state index contributed by atoms with van der Waals surface area (Å²) in [6.07, 6.45) is 1.41. The second-order valence-corrected chi connectivity index (χ2v) is 3.14. The Bertz CT molecular complexity index is 121. The van der Waals surface area contributed by atoms with Crippen LogP contribution in [0.15, 0.2) is 0 Å². The monoisotopic (exact) mass is 174 g/mol. The van der Waals surface area contributed by atoms with Crippen LogP contribution in [0.4, 0.5) is 0 Å². The van der Waals surface area contributed by atoms with Crippen molar-refractivity contribution in [1.29, 1.82) is 0 Å². The van der Waals surface area contributed by atoms with Gasteiger partial charge in [-0.3, -0.25) is 4.79 Å². The standard InChI is InChI=1S/C9H18O3/c1-4-5-11-7-12-9(10)6-8(2)3/h8H,4-7H2,1-3H3. The molecule has 0 saturated carbocycles. The maximum absolute atomic E-state index is 10.9. The minimum Gasteiger partial charge on any atom is -0.438 e. The largest absolute Gasteiger partial charge is 0.438 e. The van der Waals surface area contributed by atoms with Crippen molar-refractivity contribution in [3.05, 3.63) is 0 Å². The summed E-state index contributed by atoms with van der Waals surface area (Å²) in [5.74, 6) is 0.171. The molecule has 0 bridgehead atoms. The average Bonchev–Trinajstić information content (AvgIpc) is 1.97. The van der Waals surface area contributed by atoms with Gasteiger partial charge in [-0.15, -0.1) is 0 Å². The topological polar surface area (TPSA) is 35.5 Å². The molecule has 0 aliphatic carbocycles. The molecule has 0 fully saturated rings. The zero-order valence-corrected chi connectivity index (χ0v) is 8.13. The molecule has 0 aliphatic heterocycles. The van der Waals surface area contributed by atoms with E-state index in [0.29, 0.717) is 18.9 Å². The van der Waals surface area contributed by atoms with Gasteiger partial charge in [0.2, 0.25) is 0 Å². The van der Waals surface area contributed by atoms with Gasteiger partial charge < -0.3 is 9.47 Å². The van der Waals surface area contributed by atoms with Crippen LogP contribution in [0.3, 0.4) is 0 Å². The van der Waals surface area contributed by atoms with E-state index in [4.69, 9.17) is 9.47 Å². The lowest BCUT2D eigenvalue weighted by Crippen LogP contribution is -2.10. The zero-order valence-electron chi connectivity index (χ0n) is 8.13. The molecule has 0 rings (SSSR count). The van der Waals surface area contributed by atoms with Crippen molar-refractivity contribution in [2.75, 3.05) is 13.4 Å². The van der Waals surface area contributed by atoms with E-state index in [2.05, 4.69) is 0 Å². The molecule has 0 amide bonds. The third-order valence-corrected chi connectivity index (χ3v) is 1.23. The Morgan fingerprint density at radius 2 is 2.08 bits per heavy atom. The predicted molar refractivity (Wildman–Crippen MR) is 46.7 cm³/mol. The van der Waals surface area contributed by atoms with Crippen molar-refractivity contribution < 1.29 is 14.3 Å². The third kappa shape index (κ3) is 7.54. The first-order valence-corrected chi connectivity index (χ1v) is 4.40. The van der Waals surface area contributed by atoms with Crippen LogP contribution in [-0.4, -0.2) is 19.4 Å². The van der Waals surface area contributed by atoms with Gasteiger partial charge in [0, 0.05) is 6.42 Å². The quantitative estimate of drug-likeness (QED) is 0.351. The number of carbonyl (C=O) groups is 1. The normalized spacial score (nSPS) is 10.3. The Morgan fingerprint density at radius 3 is 2.58 bits per heavy atom. The van der Waals surface area contributed by atoms with Crippen molar-refractivity contribution in [1.82, 2.24) is 0 Å². The van der Waals surface area contributed by atoms with E-state index in [1.807, 2.05) is 20.8 Å². The Labute approximate surface area is 74.0 Å². The molecule has 0 aromatic carbocycles. The number of hydrogen-bond acceptors (Lipinski definition) is 3. The van der Waals surface area contributed by atoms with Gasteiger partial charge in [0.05, 0.1) is 6.61 Å². The maximum Gasteiger partial charge on any atom is 0.308 e. The van der Waals surface area contributed by atoms with E-state index in [-0.39, 0.29) is 12.8 Å². The van der Waals surface area contributed by atoms with Crippen LogP contribution in [0, 0.1) is 5.92 Å². The van der Waals surface area contributed by atoms with Crippen molar-refractivity contribution in [2.24, 2.45) is 5.92 Å². The van der Waals surface area contributed by atoms with Gasteiger partial charge in [0.25, 0.3) is 0 Å². The van der Waals surface area contributed by atoms with Crippen LogP contribution in [-0.2, 0) is 14.3 Å². The lowest BCUT2D eigenvalue weighted by Gasteiger charge is -2.06. The first-order valence-electron chi connectivity index (χ1n) is 4.40. The summed E-state index contributed by atoms with van der Waals surface area (Å²) in [6.45, 7) is 6.71. The first-order chi connectivity index (χ1) is 5.66. The smallest absolute Gasteiger partial charge is 0.308 e. The van der Waals surface area contributed by atoms with Crippen molar-refractivity contribution >= 4 is 5.97 Å². The van der Waals surface area contributed by atoms with Gasteiger partial charge in [0.15, 0.2) is 6.79 Å². The lowest BCUT2D eigenvalue weighted by atomic mass is 10.1. The number of ether oxygens (including phenoxy) is 2. The Morgan fingerprint density at radius 1 is 1.42 bits per heavy atom. The number of carbonyl (C=O) groups excluding carboxylic acids is 1. The molecule has 0 N–H and O–H groups in total. The molecule has 3 nitrogen and oxygen atoms in total. The number of rotatable bonds is 6. The molecular weight excluding hydrogens is 156 g/mol. The molecule has 0 spiro atoms. The predicted octanol–water partition coefficient (Wildman–Crippen LogP) is 1.96. The third-order valence-electron chi connectivity index (χ3n) is 1.23. The molecule has 0 saturated heterocycles. The van der Waals surface area contributed by atoms with Gasteiger partial charge in [-0.2, -0.15) is 0 Å². The van der Waals surface area contributed by atoms with Gasteiger partial charge in [0.1, 0.15) is 0 Å². The van der Waals surface area contributed by atoms with Gasteiger partial charge in [-0.05, 0) is 12.3 Å². The van der Waals surface area contributed by atoms with E-state index in [1.165, 1.54) is 0 Å². The van der Waals surface area contributed by atoms with E-state index in [1.54, 1.807) is 0 Å². The highest BCUT2D eigenvalue weighted by molar-refractivity contribution is 5.69. The van der Waals surface area contributed by atoms with Crippen LogP contribution in [0.25, 0.3) is 0 Å². The average molecular weight is 174 g/mol. The number of hydrogen-bond donors (Lipinski definition) is 0. The van der Waals surface area contributed by atoms with Crippen molar-refractivity contribution in [3.8, 4) is 0 Å². The van der Waals surface area contributed by atoms with Crippen LogP contribution in [0.2, 0.25) is 0 Å². The fourth-order valence-electron chi connectivity index (χ4n) is 0.703. The highest BCUT2D eigenvalue weighted by atomic mass is 16.7. The van der Waals surface area contributed by atoms with Gasteiger partial charge in [-0.1, -0.05) is 20.8 Å². The molecule has 12 heavy (non-hydrogen) atoms. The number of esters is 1. The lowest BCUT2D eigenvalue weighted by molar-refractivity contribution is -0.157. The molecule has 3 heteroatoms. The summed E-state index contributed by atoms with van der Waals surface area (Å²) in [4.78, 5) is 10.9. The van der Waals surface area contributed by atoms with Gasteiger partial charge in [-0.25, -0.2) is 0 Å². The van der Waals surface area contributed by atoms with Crippen LogP contribution in [0.1, 0.15) is 33.6 Å². The van der Waals surface area contributed by atoms with E-state index >= 15 is 0 Å². The molecule has 0 aliphatic rings. The second-order valence-electron chi connectivity index (χ2n) is 3.14. The SMILES string of the molecule is CCCOCOC(=O)CC(C)C. The highest BCUT2D eigenvalue weighted by Crippen LogP contribution is 2.00. The van der Waals surface area contributed by atoms with E-state index in [9.17, 15) is 4.79 Å². The summed E-state index contributed by atoms with van der Waals surface area (Å²) in [5, 5.41) is 0. The summed E-state index contributed by atoms with van der Waals surface area (Å²) in [5.41, 5.74) is 0. The molecular formula is C9H18O3. The molecule has 0 heterocycles. The van der Waals surface area contributed by atoms with Crippen molar-refractivity contribution in [3.63, 3.8) is 0 Å². The molecule has 0 unspecified atom stereocenters. The van der Waals surface area contributed by atoms with E-state index < -0.39 is 0 Å². The fraction of sp³-hybridized carbons (Fsp3) is 0.889. The molecule has 0 aromatic heterocycles. The van der Waals surface area contributed by atoms with Crippen LogP contribution >= 0.6 is 0 Å². The maximum atomic E-state index is 10.9. The molecule has 0 aromatic rings. The molecule has 72 valence electrons. The molecule has 0 radical (unpaired) electrons. The van der Waals surface area contributed by atoms with Crippen molar-refractivity contribution in [2.45, 2.75) is 33.6 Å². The summed E-state index contributed by atoms with van der Waals surface area (Å²) in [6, 6.07) is 0. The van der Waals surface area contributed by atoms with E-state index in [0.717, 1.165) is 6.42 Å². The van der Waals surface area contributed by atoms with Crippen LogP contribution in [0.5, 0.6) is 0 Å². The zero-order chi connectivity index (χ0) is 9.40. The Balaban J connectivity index is 3.20. The summed E-state index contributed by atoms with van der Waals surface area (Å²) >= 11 is 0. The summed E-state index contributed by atoms with van der Waals surface area (Å²) < 4.78 is 9.79. The fourth-order valence-corrected chi connectivity index (χ4v) is 0.703. The van der Waals surface area contributed by atoms with Gasteiger partial charge >= 0.3 is 5.97 Å². The Hall–Kier alpha value is -0.570.